The monoisotopic (exact) mass is 253 g/mol. The zero-order valence-corrected chi connectivity index (χ0v) is 10.7. The van der Waals surface area contributed by atoms with Gasteiger partial charge in [-0.15, -0.1) is 0 Å². The number of methoxy groups -OCH3 is 2. The van der Waals surface area contributed by atoms with Gasteiger partial charge in [-0.1, -0.05) is 12.1 Å². The maximum atomic E-state index is 11.2. The number of aliphatic hydroxyl groups excluding tert-OH is 1. The SMILES string of the molecule is COCC(O)CNCc1ccc(C(=O)OC)cc1. The molecule has 5 heteroatoms. The van der Waals surface area contributed by atoms with Crippen molar-refractivity contribution in [1.29, 1.82) is 0 Å². The molecule has 0 saturated carbocycles. The normalized spacial score (nSPS) is 12.2. The highest BCUT2D eigenvalue weighted by Gasteiger charge is 2.05. The van der Waals surface area contributed by atoms with E-state index in [-0.39, 0.29) is 5.97 Å². The topological polar surface area (TPSA) is 67.8 Å². The third-order valence-electron chi connectivity index (χ3n) is 2.44. The van der Waals surface area contributed by atoms with Crippen LogP contribution in [0.25, 0.3) is 0 Å². The Hall–Kier alpha value is -1.43. The highest BCUT2D eigenvalue weighted by molar-refractivity contribution is 5.89. The fourth-order valence-electron chi connectivity index (χ4n) is 1.51. The smallest absolute Gasteiger partial charge is 0.337 e. The molecule has 0 radical (unpaired) electrons. The van der Waals surface area contributed by atoms with Crippen LogP contribution in [0, 0.1) is 0 Å². The Balaban J connectivity index is 2.37. The van der Waals surface area contributed by atoms with Gasteiger partial charge in [0, 0.05) is 20.2 Å². The highest BCUT2D eigenvalue weighted by Crippen LogP contribution is 2.05. The molecule has 0 aromatic heterocycles. The van der Waals surface area contributed by atoms with E-state index in [1.807, 2.05) is 12.1 Å². The molecule has 0 aliphatic rings. The molecule has 1 aromatic carbocycles. The lowest BCUT2D eigenvalue weighted by molar-refractivity contribution is 0.0600. The van der Waals surface area contributed by atoms with Gasteiger partial charge in [-0.25, -0.2) is 4.79 Å². The molecule has 100 valence electrons. The van der Waals surface area contributed by atoms with E-state index in [9.17, 15) is 9.90 Å². The van der Waals surface area contributed by atoms with E-state index in [0.717, 1.165) is 5.56 Å². The first kappa shape index (κ1) is 14.6. The maximum Gasteiger partial charge on any atom is 0.337 e. The van der Waals surface area contributed by atoms with Crippen molar-refractivity contribution in [2.24, 2.45) is 0 Å². The van der Waals surface area contributed by atoms with E-state index >= 15 is 0 Å². The number of benzene rings is 1. The lowest BCUT2D eigenvalue weighted by Crippen LogP contribution is -2.29. The van der Waals surface area contributed by atoms with Gasteiger partial charge in [0.2, 0.25) is 0 Å². The minimum atomic E-state index is -0.510. The zero-order valence-electron chi connectivity index (χ0n) is 10.7. The minimum absolute atomic E-state index is 0.314. The average molecular weight is 253 g/mol. The number of carbonyl (C=O) groups excluding carboxylic acids is 1. The van der Waals surface area contributed by atoms with Gasteiger partial charge in [-0.05, 0) is 17.7 Å². The lowest BCUT2D eigenvalue weighted by atomic mass is 10.1. The van der Waals surface area contributed by atoms with Crippen molar-refractivity contribution in [2.75, 3.05) is 27.4 Å². The molecule has 5 nitrogen and oxygen atoms in total. The fraction of sp³-hybridized carbons (Fsp3) is 0.462. The number of aliphatic hydroxyl groups is 1. The number of nitrogens with one attached hydrogen (secondary N) is 1. The summed E-state index contributed by atoms with van der Waals surface area (Å²) in [5.74, 6) is -0.343. The summed E-state index contributed by atoms with van der Waals surface area (Å²) >= 11 is 0. The summed E-state index contributed by atoms with van der Waals surface area (Å²) in [5, 5.41) is 12.5. The minimum Gasteiger partial charge on any atom is -0.465 e. The number of carbonyl (C=O) groups is 1. The number of hydrogen-bond donors (Lipinski definition) is 2. The van der Waals surface area contributed by atoms with Crippen molar-refractivity contribution < 1.29 is 19.4 Å². The summed E-state index contributed by atoms with van der Waals surface area (Å²) in [7, 11) is 2.91. The number of esters is 1. The van der Waals surface area contributed by atoms with Gasteiger partial charge >= 0.3 is 5.97 Å². The molecular formula is C13H19NO4. The Bertz CT molecular complexity index is 364. The molecule has 0 saturated heterocycles. The van der Waals surface area contributed by atoms with Crippen molar-refractivity contribution in [3.05, 3.63) is 35.4 Å². The first-order valence-corrected chi connectivity index (χ1v) is 5.72. The quantitative estimate of drug-likeness (QED) is 0.695. The summed E-state index contributed by atoms with van der Waals surface area (Å²) in [5.41, 5.74) is 1.56. The molecule has 0 bridgehead atoms. The van der Waals surface area contributed by atoms with Crippen molar-refractivity contribution in [1.82, 2.24) is 5.32 Å². The molecular weight excluding hydrogens is 234 g/mol. The van der Waals surface area contributed by atoms with Crippen LogP contribution < -0.4 is 5.32 Å². The maximum absolute atomic E-state index is 11.2. The van der Waals surface area contributed by atoms with Crippen LogP contribution in [0.3, 0.4) is 0 Å². The Morgan fingerprint density at radius 1 is 1.33 bits per heavy atom. The Morgan fingerprint density at radius 2 is 2.00 bits per heavy atom. The standard InChI is InChI=1S/C13H19NO4/c1-17-9-12(15)8-14-7-10-3-5-11(6-4-10)13(16)18-2/h3-6,12,14-15H,7-9H2,1-2H3. The van der Waals surface area contributed by atoms with Crippen LogP contribution in [0.1, 0.15) is 15.9 Å². The first-order valence-electron chi connectivity index (χ1n) is 5.72. The van der Waals surface area contributed by atoms with Gasteiger partial charge in [-0.3, -0.25) is 0 Å². The molecule has 2 N–H and O–H groups in total. The molecule has 0 amide bonds. The predicted octanol–water partition coefficient (Wildman–Crippen LogP) is 0.570. The first-order chi connectivity index (χ1) is 8.67. The lowest BCUT2D eigenvalue weighted by Gasteiger charge is -2.10. The molecule has 18 heavy (non-hydrogen) atoms. The van der Waals surface area contributed by atoms with E-state index in [1.54, 1.807) is 19.2 Å². The number of rotatable bonds is 7. The van der Waals surface area contributed by atoms with Crippen LogP contribution >= 0.6 is 0 Å². The summed E-state index contributed by atoms with van der Waals surface area (Å²) < 4.78 is 9.43. The van der Waals surface area contributed by atoms with Gasteiger partial charge in [0.1, 0.15) is 0 Å². The third kappa shape index (κ3) is 4.83. The van der Waals surface area contributed by atoms with E-state index in [0.29, 0.717) is 25.3 Å². The van der Waals surface area contributed by atoms with Crippen LogP contribution in [-0.4, -0.2) is 44.6 Å². The van der Waals surface area contributed by atoms with Crippen molar-refractivity contribution in [2.45, 2.75) is 12.6 Å². The zero-order chi connectivity index (χ0) is 13.4. The predicted molar refractivity (Wildman–Crippen MR) is 67.4 cm³/mol. The van der Waals surface area contributed by atoms with Gasteiger partial charge in [0.05, 0.1) is 25.4 Å². The van der Waals surface area contributed by atoms with E-state index in [2.05, 4.69) is 10.1 Å². The van der Waals surface area contributed by atoms with Crippen LogP contribution in [0.2, 0.25) is 0 Å². The molecule has 0 spiro atoms. The summed E-state index contributed by atoms with van der Waals surface area (Å²) in [4.78, 5) is 11.2. The number of ether oxygens (including phenoxy) is 2. The second-order valence-electron chi connectivity index (χ2n) is 3.93. The Morgan fingerprint density at radius 3 is 2.56 bits per heavy atom. The van der Waals surface area contributed by atoms with Gasteiger partial charge in [-0.2, -0.15) is 0 Å². The Labute approximate surface area is 107 Å². The second-order valence-corrected chi connectivity index (χ2v) is 3.93. The molecule has 1 unspecified atom stereocenters. The average Bonchev–Trinajstić information content (AvgIpc) is 2.39. The highest BCUT2D eigenvalue weighted by atomic mass is 16.5. The van der Waals surface area contributed by atoms with Crippen molar-refractivity contribution in [3.63, 3.8) is 0 Å². The summed E-state index contributed by atoms with van der Waals surface area (Å²) in [6.45, 7) is 1.41. The Kier molecular flexibility index (Phi) is 6.35. The molecule has 1 rings (SSSR count). The molecule has 0 aliphatic carbocycles. The van der Waals surface area contributed by atoms with Crippen LogP contribution in [0.5, 0.6) is 0 Å². The van der Waals surface area contributed by atoms with Crippen molar-refractivity contribution >= 4 is 5.97 Å². The molecule has 0 heterocycles. The van der Waals surface area contributed by atoms with Gasteiger partial charge in [0.25, 0.3) is 0 Å². The number of hydrogen-bond acceptors (Lipinski definition) is 5. The molecule has 0 fully saturated rings. The van der Waals surface area contributed by atoms with E-state index in [1.165, 1.54) is 7.11 Å². The van der Waals surface area contributed by atoms with E-state index in [4.69, 9.17) is 4.74 Å². The third-order valence-corrected chi connectivity index (χ3v) is 2.44. The van der Waals surface area contributed by atoms with Crippen LogP contribution in [-0.2, 0) is 16.0 Å². The fourth-order valence-corrected chi connectivity index (χ4v) is 1.51. The molecule has 1 atom stereocenters. The van der Waals surface area contributed by atoms with Gasteiger partial charge < -0.3 is 19.9 Å². The summed E-state index contributed by atoms with van der Waals surface area (Å²) in [6, 6.07) is 7.13. The van der Waals surface area contributed by atoms with Gasteiger partial charge in [0.15, 0.2) is 0 Å². The van der Waals surface area contributed by atoms with Crippen molar-refractivity contribution in [3.8, 4) is 0 Å². The second kappa shape index (κ2) is 7.81. The summed E-state index contributed by atoms with van der Waals surface area (Å²) in [6.07, 6.45) is -0.510. The largest absolute Gasteiger partial charge is 0.465 e. The molecule has 0 aliphatic heterocycles. The van der Waals surface area contributed by atoms with E-state index < -0.39 is 6.10 Å². The van der Waals surface area contributed by atoms with Crippen LogP contribution in [0.4, 0.5) is 0 Å². The molecule has 1 aromatic rings. The van der Waals surface area contributed by atoms with Crippen LogP contribution in [0.15, 0.2) is 24.3 Å².